The first-order chi connectivity index (χ1) is 8.52. The van der Waals surface area contributed by atoms with Gasteiger partial charge in [-0.3, -0.25) is 9.59 Å². The van der Waals surface area contributed by atoms with E-state index in [2.05, 4.69) is 5.32 Å². The van der Waals surface area contributed by atoms with Crippen LogP contribution in [0.25, 0.3) is 0 Å². The van der Waals surface area contributed by atoms with Crippen molar-refractivity contribution in [3.05, 3.63) is 10.4 Å². The molecule has 1 saturated heterocycles. The number of carbonyl (C=O) groups excluding carboxylic acids is 2. The first kappa shape index (κ1) is 12.7. The van der Waals surface area contributed by atoms with Crippen LogP contribution < -0.4 is 27.4 Å². The van der Waals surface area contributed by atoms with Gasteiger partial charge in [0, 0.05) is 26.2 Å². The second-order valence-electron chi connectivity index (χ2n) is 3.99. The van der Waals surface area contributed by atoms with Gasteiger partial charge in [-0.2, -0.15) is 0 Å². The van der Waals surface area contributed by atoms with E-state index >= 15 is 0 Å². The molecule has 0 aliphatic carbocycles. The highest BCUT2D eigenvalue weighted by molar-refractivity contribution is 7.19. The van der Waals surface area contributed by atoms with Crippen LogP contribution in [0.15, 0.2) is 0 Å². The smallest absolute Gasteiger partial charge is 0.260 e. The molecule has 1 aromatic rings. The summed E-state index contributed by atoms with van der Waals surface area (Å²) in [5.41, 5.74) is 16.6. The van der Waals surface area contributed by atoms with Crippen molar-refractivity contribution in [2.24, 2.45) is 11.5 Å². The summed E-state index contributed by atoms with van der Waals surface area (Å²) in [6, 6.07) is 0. The molecule has 18 heavy (non-hydrogen) atoms. The van der Waals surface area contributed by atoms with Crippen molar-refractivity contribution in [2.45, 2.75) is 0 Å². The maximum absolute atomic E-state index is 11.5. The lowest BCUT2D eigenvalue weighted by Crippen LogP contribution is -2.43. The minimum Gasteiger partial charge on any atom is -0.397 e. The van der Waals surface area contributed by atoms with Crippen LogP contribution in [-0.2, 0) is 0 Å². The van der Waals surface area contributed by atoms with Crippen LogP contribution in [0.3, 0.4) is 0 Å². The third-order valence-electron chi connectivity index (χ3n) is 2.80. The van der Waals surface area contributed by atoms with Gasteiger partial charge in [0.2, 0.25) is 0 Å². The predicted molar refractivity (Wildman–Crippen MR) is 70.8 cm³/mol. The van der Waals surface area contributed by atoms with Gasteiger partial charge < -0.3 is 27.4 Å². The first-order valence-electron chi connectivity index (χ1n) is 5.50. The molecule has 98 valence electrons. The SMILES string of the molecule is NC(=O)c1sc(N2CCNCC2)c(C(N)=O)c1N. The summed E-state index contributed by atoms with van der Waals surface area (Å²) in [7, 11) is 0. The number of nitrogens with one attached hydrogen (secondary N) is 1. The average molecular weight is 269 g/mol. The zero-order chi connectivity index (χ0) is 13.3. The molecule has 0 unspecified atom stereocenters. The molecule has 0 radical (unpaired) electrons. The molecular weight excluding hydrogens is 254 g/mol. The monoisotopic (exact) mass is 269 g/mol. The standard InChI is InChI=1S/C10H15N5O2S/c11-6-5(8(12)16)10(18-7(6)9(13)17)15-3-1-14-2-4-15/h14H,1-4,11H2,(H2,12,16)(H2,13,17). The van der Waals surface area contributed by atoms with Crippen LogP contribution in [-0.4, -0.2) is 38.0 Å². The summed E-state index contributed by atoms with van der Waals surface area (Å²) in [4.78, 5) is 24.9. The minimum absolute atomic E-state index is 0.0912. The van der Waals surface area contributed by atoms with Gasteiger partial charge in [0.25, 0.3) is 11.8 Å². The third kappa shape index (κ3) is 2.12. The van der Waals surface area contributed by atoms with Crippen molar-refractivity contribution < 1.29 is 9.59 Å². The van der Waals surface area contributed by atoms with Crippen molar-refractivity contribution in [3.8, 4) is 0 Å². The highest BCUT2D eigenvalue weighted by Gasteiger charge is 2.26. The van der Waals surface area contributed by atoms with E-state index < -0.39 is 11.8 Å². The van der Waals surface area contributed by atoms with Gasteiger partial charge in [-0.15, -0.1) is 11.3 Å². The summed E-state index contributed by atoms with van der Waals surface area (Å²) in [6.07, 6.45) is 0. The summed E-state index contributed by atoms with van der Waals surface area (Å²) in [6.45, 7) is 3.08. The Morgan fingerprint density at radius 3 is 2.28 bits per heavy atom. The van der Waals surface area contributed by atoms with Crippen LogP contribution >= 0.6 is 11.3 Å². The van der Waals surface area contributed by atoms with Gasteiger partial charge in [0.05, 0.1) is 11.3 Å². The Kier molecular flexibility index (Phi) is 3.39. The lowest BCUT2D eigenvalue weighted by Gasteiger charge is -2.28. The van der Waals surface area contributed by atoms with Crippen molar-refractivity contribution in [3.63, 3.8) is 0 Å². The van der Waals surface area contributed by atoms with Gasteiger partial charge in [-0.05, 0) is 0 Å². The Balaban J connectivity index is 2.47. The summed E-state index contributed by atoms with van der Waals surface area (Å²) >= 11 is 1.13. The van der Waals surface area contributed by atoms with Gasteiger partial charge in [0.15, 0.2) is 0 Å². The summed E-state index contributed by atoms with van der Waals surface area (Å²) in [5.74, 6) is -1.27. The van der Waals surface area contributed by atoms with Gasteiger partial charge >= 0.3 is 0 Å². The van der Waals surface area contributed by atoms with Crippen molar-refractivity contribution >= 4 is 33.8 Å². The van der Waals surface area contributed by atoms with Crippen molar-refractivity contribution in [2.75, 3.05) is 36.8 Å². The Labute approximate surface area is 108 Å². The van der Waals surface area contributed by atoms with Crippen LogP contribution in [0.2, 0.25) is 0 Å². The van der Waals surface area contributed by atoms with E-state index in [0.29, 0.717) is 5.00 Å². The zero-order valence-corrected chi connectivity index (χ0v) is 10.5. The second kappa shape index (κ2) is 4.83. The molecule has 1 aliphatic rings. The fraction of sp³-hybridized carbons (Fsp3) is 0.400. The Morgan fingerprint density at radius 2 is 1.78 bits per heavy atom. The maximum atomic E-state index is 11.5. The number of carbonyl (C=O) groups is 2. The minimum atomic E-state index is -0.638. The van der Waals surface area contributed by atoms with Crippen molar-refractivity contribution in [1.29, 1.82) is 0 Å². The lowest BCUT2D eigenvalue weighted by atomic mass is 10.2. The first-order valence-corrected chi connectivity index (χ1v) is 6.31. The number of hydrogen-bond acceptors (Lipinski definition) is 6. The van der Waals surface area contributed by atoms with E-state index in [-0.39, 0.29) is 16.1 Å². The van der Waals surface area contributed by atoms with E-state index in [0.717, 1.165) is 37.5 Å². The van der Waals surface area contributed by atoms with Crippen molar-refractivity contribution in [1.82, 2.24) is 5.32 Å². The van der Waals surface area contributed by atoms with Crippen LogP contribution in [0.5, 0.6) is 0 Å². The number of nitrogen functional groups attached to an aromatic ring is 1. The molecule has 0 atom stereocenters. The quantitative estimate of drug-likeness (QED) is 0.556. The van der Waals surface area contributed by atoms with Gasteiger partial charge in [-0.1, -0.05) is 0 Å². The zero-order valence-electron chi connectivity index (χ0n) is 9.73. The van der Waals surface area contributed by atoms with E-state index in [9.17, 15) is 9.59 Å². The molecular formula is C10H15N5O2S. The number of hydrogen-bond donors (Lipinski definition) is 4. The molecule has 0 saturated carbocycles. The van der Waals surface area contributed by atoms with Crippen LogP contribution in [0.4, 0.5) is 10.7 Å². The average Bonchev–Trinajstić information content (AvgIpc) is 2.68. The summed E-state index contributed by atoms with van der Waals surface area (Å²) in [5, 5.41) is 3.84. The Morgan fingerprint density at radius 1 is 1.17 bits per heavy atom. The highest BCUT2D eigenvalue weighted by atomic mass is 32.1. The highest BCUT2D eigenvalue weighted by Crippen LogP contribution is 2.37. The predicted octanol–water partition coefficient (Wildman–Crippen LogP) is -1.06. The van der Waals surface area contributed by atoms with E-state index in [1.807, 2.05) is 4.90 Å². The molecule has 1 aromatic heterocycles. The third-order valence-corrected chi connectivity index (χ3v) is 4.08. The van der Waals surface area contributed by atoms with Crippen LogP contribution in [0, 0.1) is 0 Å². The lowest BCUT2D eigenvalue weighted by molar-refractivity contribution is 0.0999. The molecule has 8 heteroatoms. The van der Waals surface area contributed by atoms with E-state index in [4.69, 9.17) is 17.2 Å². The number of piperazine rings is 1. The molecule has 2 amide bonds. The van der Waals surface area contributed by atoms with E-state index in [1.54, 1.807) is 0 Å². The Bertz CT molecular complexity index is 493. The fourth-order valence-corrected chi connectivity index (χ4v) is 3.07. The molecule has 7 nitrogen and oxygen atoms in total. The number of anilines is 2. The molecule has 1 fully saturated rings. The molecule has 0 aromatic carbocycles. The van der Waals surface area contributed by atoms with Gasteiger partial charge in [-0.25, -0.2) is 0 Å². The molecule has 7 N–H and O–H groups in total. The molecule has 0 spiro atoms. The Hall–Kier alpha value is -1.80. The molecule has 2 heterocycles. The number of rotatable bonds is 3. The number of thiophene rings is 1. The topological polar surface area (TPSA) is 127 Å². The number of amides is 2. The number of primary amides is 2. The molecule has 1 aliphatic heterocycles. The largest absolute Gasteiger partial charge is 0.397 e. The maximum Gasteiger partial charge on any atom is 0.260 e. The second-order valence-corrected chi connectivity index (χ2v) is 4.99. The van der Waals surface area contributed by atoms with Crippen LogP contribution in [0.1, 0.15) is 20.0 Å². The number of nitrogens with zero attached hydrogens (tertiary/aromatic N) is 1. The van der Waals surface area contributed by atoms with E-state index in [1.165, 1.54) is 0 Å². The molecule has 2 rings (SSSR count). The number of nitrogens with two attached hydrogens (primary N) is 3. The fourth-order valence-electron chi connectivity index (χ4n) is 1.94. The normalized spacial score (nSPS) is 15.7. The summed E-state index contributed by atoms with van der Waals surface area (Å²) < 4.78 is 0. The molecule has 0 bridgehead atoms. The van der Waals surface area contributed by atoms with Gasteiger partial charge in [0.1, 0.15) is 9.88 Å².